The van der Waals surface area contributed by atoms with Crippen molar-refractivity contribution in [3.63, 3.8) is 0 Å². The Morgan fingerprint density at radius 3 is 2.84 bits per heavy atom. The summed E-state index contributed by atoms with van der Waals surface area (Å²) < 4.78 is 0. The van der Waals surface area contributed by atoms with Gasteiger partial charge < -0.3 is 10.0 Å². The van der Waals surface area contributed by atoms with Crippen molar-refractivity contribution in [2.24, 2.45) is 5.92 Å². The summed E-state index contributed by atoms with van der Waals surface area (Å²) in [6.07, 6.45) is 0.995. The lowest BCUT2D eigenvalue weighted by Crippen LogP contribution is -2.26. The van der Waals surface area contributed by atoms with Gasteiger partial charge in [-0.05, 0) is 6.92 Å². The number of carboxylic acid groups (broad SMARTS) is 1. The van der Waals surface area contributed by atoms with E-state index < -0.39 is 10.9 Å². The van der Waals surface area contributed by atoms with Crippen LogP contribution in [0.4, 0.5) is 11.5 Å². The maximum Gasteiger partial charge on any atom is 0.339 e. The molecule has 1 rings (SSSR count). The zero-order valence-corrected chi connectivity index (χ0v) is 10.4. The quantitative estimate of drug-likeness (QED) is 0.628. The van der Waals surface area contributed by atoms with Gasteiger partial charge in [-0.1, -0.05) is 0 Å². The van der Waals surface area contributed by atoms with E-state index in [-0.39, 0.29) is 29.5 Å². The first-order valence-electron chi connectivity index (χ1n) is 5.35. The van der Waals surface area contributed by atoms with Crippen LogP contribution in [-0.2, 0) is 0 Å². The Balaban J connectivity index is 3.17. The molecule has 0 fully saturated rings. The van der Waals surface area contributed by atoms with Gasteiger partial charge in [-0.2, -0.15) is 5.26 Å². The molecule has 1 N–H and O–H groups in total. The molecule has 0 bridgehead atoms. The second kappa shape index (κ2) is 5.77. The average molecular weight is 264 g/mol. The molecule has 1 atom stereocenters. The standard InChI is InChI=1S/C11H12N4O4/c1-7(4-12)6-14(2)10-9(11(16)17)3-8(5-13-10)15(18)19/h3,5,7H,6H2,1-2H3,(H,16,17). The minimum absolute atomic E-state index is 0.0974. The van der Waals surface area contributed by atoms with Gasteiger partial charge in [-0.15, -0.1) is 0 Å². The highest BCUT2D eigenvalue weighted by molar-refractivity contribution is 5.94. The smallest absolute Gasteiger partial charge is 0.339 e. The largest absolute Gasteiger partial charge is 0.478 e. The van der Waals surface area contributed by atoms with E-state index in [0.717, 1.165) is 12.3 Å². The third kappa shape index (κ3) is 3.38. The van der Waals surface area contributed by atoms with Gasteiger partial charge >= 0.3 is 5.97 Å². The summed E-state index contributed by atoms with van der Waals surface area (Å²) in [7, 11) is 1.58. The summed E-state index contributed by atoms with van der Waals surface area (Å²) in [5.74, 6) is -1.52. The fraction of sp³-hybridized carbons (Fsp3) is 0.364. The zero-order chi connectivity index (χ0) is 14.6. The summed E-state index contributed by atoms with van der Waals surface area (Å²) >= 11 is 0. The number of carboxylic acids is 1. The average Bonchev–Trinajstić information content (AvgIpc) is 2.37. The van der Waals surface area contributed by atoms with Crippen molar-refractivity contribution in [2.45, 2.75) is 6.92 Å². The minimum atomic E-state index is -1.30. The van der Waals surface area contributed by atoms with Gasteiger partial charge in [0.25, 0.3) is 5.69 Å². The highest BCUT2D eigenvalue weighted by Gasteiger charge is 2.20. The van der Waals surface area contributed by atoms with Gasteiger partial charge in [0.05, 0.1) is 16.9 Å². The predicted octanol–water partition coefficient (Wildman–Crippen LogP) is 1.28. The maximum absolute atomic E-state index is 11.1. The number of hydrogen-bond acceptors (Lipinski definition) is 6. The lowest BCUT2D eigenvalue weighted by molar-refractivity contribution is -0.385. The van der Waals surface area contributed by atoms with Crippen LogP contribution >= 0.6 is 0 Å². The number of nitriles is 1. The van der Waals surface area contributed by atoms with Crippen LogP contribution in [0.2, 0.25) is 0 Å². The third-order valence-electron chi connectivity index (χ3n) is 2.42. The third-order valence-corrected chi connectivity index (χ3v) is 2.42. The van der Waals surface area contributed by atoms with Crippen LogP contribution in [0, 0.1) is 27.4 Å². The molecular formula is C11H12N4O4. The topological polar surface area (TPSA) is 120 Å². The molecule has 0 aromatic carbocycles. The van der Waals surface area contributed by atoms with Gasteiger partial charge in [0, 0.05) is 19.7 Å². The van der Waals surface area contributed by atoms with Crippen LogP contribution in [0.1, 0.15) is 17.3 Å². The van der Waals surface area contributed by atoms with E-state index in [0.29, 0.717) is 0 Å². The Kier molecular flexibility index (Phi) is 4.36. The van der Waals surface area contributed by atoms with Crippen molar-refractivity contribution in [1.82, 2.24) is 4.98 Å². The Bertz CT molecular complexity index is 552. The lowest BCUT2D eigenvalue weighted by Gasteiger charge is -2.20. The van der Waals surface area contributed by atoms with Crippen LogP contribution < -0.4 is 4.90 Å². The molecule has 0 aliphatic carbocycles. The second-order valence-electron chi connectivity index (χ2n) is 4.04. The van der Waals surface area contributed by atoms with E-state index in [9.17, 15) is 14.9 Å². The molecule has 1 aromatic heterocycles. The molecule has 0 saturated heterocycles. The molecule has 100 valence electrons. The van der Waals surface area contributed by atoms with Crippen LogP contribution in [0.5, 0.6) is 0 Å². The fourth-order valence-electron chi connectivity index (χ4n) is 1.55. The number of nitro groups is 1. The maximum atomic E-state index is 11.1. The number of aromatic nitrogens is 1. The van der Waals surface area contributed by atoms with Gasteiger partial charge in [0.2, 0.25) is 0 Å². The predicted molar refractivity (Wildman–Crippen MR) is 65.9 cm³/mol. The van der Waals surface area contributed by atoms with Crippen LogP contribution in [0.3, 0.4) is 0 Å². The van der Waals surface area contributed by atoms with Crippen LogP contribution in [-0.4, -0.2) is 34.6 Å². The van der Waals surface area contributed by atoms with Crippen molar-refractivity contribution in [1.29, 1.82) is 5.26 Å². The molecule has 0 saturated carbocycles. The first kappa shape index (κ1) is 14.4. The van der Waals surface area contributed by atoms with Crippen molar-refractivity contribution in [2.75, 3.05) is 18.5 Å². The highest BCUT2D eigenvalue weighted by atomic mass is 16.6. The Hall–Kier alpha value is -2.69. The minimum Gasteiger partial charge on any atom is -0.478 e. The number of rotatable bonds is 5. The van der Waals surface area contributed by atoms with E-state index in [1.54, 1.807) is 14.0 Å². The van der Waals surface area contributed by atoms with E-state index in [1.807, 2.05) is 6.07 Å². The van der Waals surface area contributed by atoms with Gasteiger partial charge in [-0.3, -0.25) is 10.1 Å². The number of hydrogen-bond donors (Lipinski definition) is 1. The van der Waals surface area contributed by atoms with E-state index in [1.165, 1.54) is 4.90 Å². The molecule has 19 heavy (non-hydrogen) atoms. The summed E-state index contributed by atoms with van der Waals surface area (Å²) in [5, 5.41) is 28.4. The molecule has 1 unspecified atom stereocenters. The number of pyridine rings is 1. The Morgan fingerprint density at radius 2 is 2.37 bits per heavy atom. The summed E-state index contributed by atoms with van der Waals surface area (Å²) in [5.41, 5.74) is -0.648. The van der Waals surface area contributed by atoms with Crippen LogP contribution in [0.25, 0.3) is 0 Å². The number of anilines is 1. The first-order chi connectivity index (χ1) is 8.86. The molecule has 0 aliphatic heterocycles. The van der Waals surface area contributed by atoms with Gasteiger partial charge in [0.15, 0.2) is 0 Å². The lowest BCUT2D eigenvalue weighted by atomic mass is 10.2. The molecule has 8 nitrogen and oxygen atoms in total. The molecule has 1 aromatic rings. The SMILES string of the molecule is CC(C#N)CN(C)c1ncc([N+](=O)[O-])cc1C(=O)O. The summed E-state index contributed by atoms with van der Waals surface area (Å²) in [4.78, 5) is 26.3. The zero-order valence-electron chi connectivity index (χ0n) is 10.4. The van der Waals surface area contributed by atoms with Gasteiger partial charge in [0.1, 0.15) is 17.6 Å². The molecule has 0 amide bonds. The highest BCUT2D eigenvalue weighted by Crippen LogP contribution is 2.22. The molecule has 1 heterocycles. The van der Waals surface area contributed by atoms with Gasteiger partial charge in [-0.25, -0.2) is 9.78 Å². The van der Waals surface area contributed by atoms with E-state index >= 15 is 0 Å². The summed E-state index contributed by atoms with van der Waals surface area (Å²) in [6, 6.07) is 2.98. The Morgan fingerprint density at radius 1 is 1.74 bits per heavy atom. The number of aromatic carboxylic acids is 1. The van der Waals surface area contributed by atoms with Crippen molar-refractivity contribution >= 4 is 17.5 Å². The molecule has 0 aliphatic rings. The normalized spacial score (nSPS) is 11.4. The fourth-order valence-corrected chi connectivity index (χ4v) is 1.55. The van der Waals surface area contributed by atoms with Crippen molar-refractivity contribution in [3.05, 3.63) is 27.9 Å². The van der Waals surface area contributed by atoms with E-state index in [4.69, 9.17) is 10.4 Å². The molecule has 0 radical (unpaired) electrons. The first-order valence-corrected chi connectivity index (χ1v) is 5.35. The number of nitrogens with zero attached hydrogens (tertiary/aromatic N) is 4. The molecular weight excluding hydrogens is 252 g/mol. The molecule has 8 heteroatoms. The van der Waals surface area contributed by atoms with E-state index in [2.05, 4.69) is 4.98 Å². The molecule has 0 spiro atoms. The second-order valence-corrected chi connectivity index (χ2v) is 4.04. The number of carbonyl (C=O) groups is 1. The van der Waals surface area contributed by atoms with Crippen LogP contribution in [0.15, 0.2) is 12.3 Å². The Labute approximate surface area is 109 Å². The van der Waals surface area contributed by atoms with Crippen molar-refractivity contribution in [3.8, 4) is 6.07 Å². The monoisotopic (exact) mass is 264 g/mol. The van der Waals surface area contributed by atoms with Crippen molar-refractivity contribution < 1.29 is 14.8 Å². The summed E-state index contributed by atoms with van der Waals surface area (Å²) in [6.45, 7) is 1.96.